The molecule has 2 rings (SSSR count). The zero-order chi connectivity index (χ0) is 12.4. The van der Waals surface area contributed by atoms with Crippen molar-refractivity contribution in [3.05, 3.63) is 53.1 Å². The molecule has 0 aliphatic carbocycles. The van der Waals surface area contributed by atoms with E-state index in [1.165, 1.54) is 12.1 Å². The number of para-hydroxylation sites is 1. The SMILES string of the molecule is O=C(O)c1cccc(-c2ccccc2O)c1Cl. The first-order valence-electron chi connectivity index (χ1n) is 4.91. The van der Waals surface area contributed by atoms with Crippen molar-refractivity contribution in [3.8, 4) is 16.9 Å². The first kappa shape index (κ1) is 11.5. The zero-order valence-corrected chi connectivity index (χ0v) is 9.48. The van der Waals surface area contributed by atoms with E-state index in [1.54, 1.807) is 30.3 Å². The number of phenolic OH excluding ortho intramolecular Hbond substituents is 1. The molecule has 0 bridgehead atoms. The van der Waals surface area contributed by atoms with Crippen molar-refractivity contribution in [2.75, 3.05) is 0 Å². The lowest BCUT2D eigenvalue weighted by Gasteiger charge is -2.08. The Balaban J connectivity index is 2.65. The molecule has 3 nitrogen and oxygen atoms in total. The second kappa shape index (κ2) is 4.47. The quantitative estimate of drug-likeness (QED) is 0.856. The number of phenols is 1. The minimum atomic E-state index is -1.09. The number of hydrogen-bond donors (Lipinski definition) is 2. The first-order chi connectivity index (χ1) is 8.11. The molecule has 0 fully saturated rings. The van der Waals surface area contributed by atoms with Crippen LogP contribution in [0.3, 0.4) is 0 Å². The summed E-state index contributed by atoms with van der Waals surface area (Å²) in [6, 6.07) is 11.3. The smallest absolute Gasteiger partial charge is 0.337 e. The second-order valence-corrected chi connectivity index (χ2v) is 3.87. The number of aromatic carboxylic acids is 1. The largest absolute Gasteiger partial charge is 0.507 e. The van der Waals surface area contributed by atoms with Crippen molar-refractivity contribution in [1.29, 1.82) is 0 Å². The van der Waals surface area contributed by atoms with Gasteiger partial charge in [-0.3, -0.25) is 0 Å². The molecular formula is C13H9ClO3. The summed E-state index contributed by atoms with van der Waals surface area (Å²) < 4.78 is 0. The molecule has 2 aromatic rings. The molecule has 0 aliphatic rings. The van der Waals surface area contributed by atoms with E-state index in [0.29, 0.717) is 11.1 Å². The van der Waals surface area contributed by atoms with Crippen LogP contribution in [0.5, 0.6) is 5.75 Å². The topological polar surface area (TPSA) is 57.5 Å². The van der Waals surface area contributed by atoms with Crippen molar-refractivity contribution in [3.63, 3.8) is 0 Å². The number of aromatic hydroxyl groups is 1. The number of rotatable bonds is 2. The van der Waals surface area contributed by atoms with Crippen molar-refractivity contribution < 1.29 is 15.0 Å². The van der Waals surface area contributed by atoms with Gasteiger partial charge in [0.25, 0.3) is 0 Å². The third-order valence-electron chi connectivity index (χ3n) is 2.42. The van der Waals surface area contributed by atoms with Gasteiger partial charge in [-0.15, -0.1) is 0 Å². The van der Waals surface area contributed by atoms with E-state index < -0.39 is 5.97 Å². The molecule has 0 saturated heterocycles. The molecule has 2 aromatic carbocycles. The van der Waals surface area contributed by atoms with E-state index in [2.05, 4.69) is 0 Å². The monoisotopic (exact) mass is 248 g/mol. The Morgan fingerprint density at radius 1 is 1.00 bits per heavy atom. The van der Waals surface area contributed by atoms with Crippen LogP contribution in [0.2, 0.25) is 5.02 Å². The van der Waals surface area contributed by atoms with Gasteiger partial charge in [0.2, 0.25) is 0 Å². The number of carbonyl (C=O) groups is 1. The molecule has 0 aromatic heterocycles. The lowest BCUT2D eigenvalue weighted by Crippen LogP contribution is -1.98. The molecule has 0 amide bonds. The summed E-state index contributed by atoms with van der Waals surface area (Å²) in [5.41, 5.74) is 1.04. The number of benzene rings is 2. The Hall–Kier alpha value is -2.00. The summed E-state index contributed by atoms with van der Waals surface area (Å²) >= 11 is 6.02. The van der Waals surface area contributed by atoms with Crippen LogP contribution in [-0.2, 0) is 0 Å². The molecule has 17 heavy (non-hydrogen) atoms. The van der Waals surface area contributed by atoms with Crippen LogP contribution in [0, 0.1) is 0 Å². The van der Waals surface area contributed by atoms with Gasteiger partial charge in [0.05, 0.1) is 10.6 Å². The average molecular weight is 249 g/mol. The van der Waals surface area contributed by atoms with Gasteiger partial charge in [-0.05, 0) is 12.1 Å². The standard InChI is InChI=1S/C13H9ClO3/c14-12-9(5-3-6-10(12)13(16)17)8-4-1-2-7-11(8)15/h1-7,15H,(H,16,17). The van der Waals surface area contributed by atoms with E-state index in [0.717, 1.165) is 0 Å². The van der Waals surface area contributed by atoms with Crippen LogP contribution >= 0.6 is 11.6 Å². The average Bonchev–Trinajstić information content (AvgIpc) is 2.30. The lowest BCUT2D eigenvalue weighted by molar-refractivity contribution is 0.0697. The van der Waals surface area contributed by atoms with Gasteiger partial charge in [-0.25, -0.2) is 4.79 Å². The Labute approximate surface area is 103 Å². The van der Waals surface area contributed by atoms with E-state index >= 15 is 0 Å². The van der Waals surface area contributed by atoms with E-state index in [9.17, 15) is 9.90 Å². The summed E-state index contributed by atoms with van der Waals surface area (Å²) in [7, 11) is 0. The van der Waals surface area contributed by atoms with Gasteiger partial charge in [-0.1, -0.05) is 41.9 Å². The normalized spacial score (nSPS) is 10.2. The molecule has 4 heteroatoms. The highest BCUT2D eigenvalue weighted by molar-refractivity contribution is 6.36. The fraction of sp³-hybridized carbons (Fsp3) is 0. The van der Waals surface area contributed by atoms with Gasteiger partial charge in [0.1, 0.15) is 5.75 Å². The van der Waals surface area contributed by atoms with Crippen molar-refractivity contribution in [1.82, 2.24) is 0 Å². The van der Waals surface area contributed by atoms with Gasteiger partial charge in [0.15, 0.2) is 0 Å². The maximum atomic E-state index is 10.9. The van der Waals surface area contributed by atoms with Crippen molar-refractivity contribution >= 4 is 17.6 Å². The molecule has 0 spiro atoms. The maximum Gasteiger partial charge on any atom is 0.337 e. The summed E-state index contributed by atoms with van der Waals surface area (Å²) in [6.07, 6.45) is 0. The first-order valence-corrected chi connectivity index (χ1v) is 5.29. The third kappa shape index (κ3) is 2.10. The van der Waals surface area contributed by atoms with Crippen LogP contribution in [0.25, 0.3) is 11.1 Å². The molecule has 0 aliphatic heterocycles. The molecule has 0 radical (unpaired) electrons. The van der Waals surface area contributed by atoms with Crippen molar-refractivity contribution in [2.24, 2.45) is 0 Å². The van der Waals surface area contributed by atoms with E-state index in [-0.39, 0.29) is 16.3 Å². The molecule has 86 valence electrons. The third-order valence-corrected chi connectivity index (χ3v) is 2.83. The maximum absolute atomic E-state index is 10.9. The molecule has 0 atom stereocenters. The predicted octanol–water partition coefficient (Wildman–Crippen LogP) is 3.41. The van der Waals surface area contributed by atoms with Crippen LogP contribution in [0.4, 0.5) is 0 Å². The molecule has 0 saturated carbocycles. The minimum absolute atomic E-state index is 0.0208. The lowest BCUT2D eigenvalue weighted by atomic mass is 10.0. The zero-order valence-electron chi connectivity index (χ0n) is 8.72. The van der Waals surface area contributed by atoms with Crippen LogP contribution < -0.4 is 0 Å². The van der Waals surface area contributed by atoms with Crippen LogP contribution in [0.1, 0.15) is 10.4 Å². The number of halogens is 1. The van der Waals surface area contributed by atoms with E-state index in [4.69, 9.17) is 16.7 Å². The predicted molar refractivity (Wildman–Crippen MR) is 65.5 cm³/mol. The fourth-order valence-corrected chi connectivity index (χ4v) is 1.92. The number of carboxylic acid groups (broad SMARTS) is 1. The Morgan fingerprint density at radius 2 is 1.65 bits per heavy atom. The van der Waals surface area contributed by atoms with Gasteiger partial charge < -0.3 is 10.2 Å². The Morgan fingerprint density at radius 3 is 2.29 bits per heavy atom. The number of carboxylic acids is 1. The molecular weight excluding hydrogens is 240 g/mol. The number of hydrogen-bond acceptors (Lipinski definition) is 2. The highest BCUT2D eigenvalue weighted by Gasteiger charge is 2.14. The molecule has 2 N–H and O–H groups in total. The molecule has 0 unspecified atom stereocenters. The van der Waals surface area contributed by atoms with Crippen molar-refractivity contribution in [2.45, 2.75) is 0 Å². The second-order valence-electron chi connectivity index (χ2n) is 3.49. The van der Waals surface area contributed by atoms with Gasteiger partial charge in [0, 0.05) is 11.1 Å². The van der Waals surface area contributed by atoms with Gasteiger partial charge >= 0.3 is 5.97 Å². The Kier molecular flexibility index (Phi) is 3.02. The van der Waals surface area contributed by atoms with Gasteiger partial charge in [-0.2, -0.15) is 0 Å². The van der Waals surface area contributed by atoms with Crippen LogP contribution in [-0.4, -0.2) is 16.2 Å². The fourth-order valence-electron chi connectivity index (χ4n) is 1.61. The highest BCUT2D eigenvalue weighted by atomic mass is 35.5. The summed E-state index contributed by atoms with van der Waals surface area (Å²) in [5, 5.41) is 18.8. The van der Waals surface area contributed by atoms with E-state index in [1.807, 2.05) is 0 Å². The summed E-state index contributed by atoms with van der Waals surface area (Å²) in [4.78, 5) is 10.9. The Bertz CT molecular complexity index is 579. The summed E-state index contributed by atoms with van der Waals surface area (Å²) in [6.45, 7) is 0. The summed E-state index contributed by atoms with van der Waals surface area (Å²) in [5.74, 6) is -1.02. The highest BCUT2D eigenvalue weighted by Crippen LogP contribution is 2.35. The minimum Gasteiger partial charge on any atom is -0.507 e. The van der Waals surface area contributed by atoms with Crippen LogP contribution in [0.15, 0.2) is 42.5 Å². The molecule has 0 heterocycles.